The smallest absolute Gasteiger partial charge is 0.107 e. The molecule has 2 nitrogen and oxygen atoms in total. The van der Waals surface area contributed by atoms with Crippen LogP contribution in [0.3, 0.4) is 0 Å². The van der Waals surface area contributed by atoms with Crippen LogP contribution < -0.4 is 11.1 Å². The molecule has 0 radical (unpaired) electrons. The highest BCUT2D eigenvalue weighted by Gasteiger charge is 2.14. The van der Waals surface area contributed by atoms with Crippen molar-refractivity contribution in [2.24, 2.45) is 5.73 Å². The van der Waals surface area contributed by atoms with Crippen molar-refractivity contribution >= 4 is 46.3 Å². The maximum atomic E-state index is 6.25. The Morgan fingerprint density at radius 1 is 1.24 bits per heavy atom. The van der Waals surface area contributed by atoms with Crippen molar-refractivity contribution in [2.75, 3.05) is 11.6 Å². The second kappa shape index (κ2) is 7.16. The van der Waals surface area contributed by atoms with Crippen molar-refractivity contribution in [3.8, 4) is 0 Å². The predicted octanol–water partition coefficient (Wildman–Crippen LogP) is 4.87. The van der Waals surface area contributed by atoms with Crippen LogP contribution in [-0.4, -0.2) is 11.2 Å². The Morgan fingerprint density at radius 2 is 1.95 bits per heavy atom. The van der Waals surface area contributed by atoms with Crippen LogP contribution in [0.15, 0.2) is 47.4 Å². The van der Waals surface area contributed by atoms with Crippen molar-refractivity contribution in [1.82, 2.24) is 0 Å². The van der Waals surface area contributed by atoms with Crippen LogP contribution in [-0.2, 0) is 0 Å². The summed E-state index contributed by atoms with van der Waals surface area (Å²) in [6, 6.07) is 13.9. The molecule has 5 heteroatoms. The average Bonchev–Trinajstić information content (AvgIpc) is 2.46. The molecule has 0 aliphatic heterocycles. The highest BCUT2D eigenvalue weighted by atomic mass is 35.5. The molecule has 3 N–H and O–H groups in total. The third-order valence-electron chi connectivity index (χ3n) is 3.24. The Kier molecular flexibility index (Phi) is 5.51. The molecule has 21 heavy (non-hydrogen) atoms. The number of rotatable bonds is 5. The fourth-order valence-corrected chi connectivity index (χ4v) is 3.44. The fraction of sp³-hybridized carbons (Fsp3) is 0.188. The number of nitrogens with two attached hydrogens (primary N) is 1. The zero-order chi connectivity index (χ0) is 15.4. The van der Waals surface area contributed by atoms with Gasteiger partial charge in [-0.05, 0) is 36.9 Å². The summed E-state index contributed by atoms with van der Waals surface area (Å²) in [4.78, 5) is 1.47. The molecule has 0 fully saturated rings. The Bertz CT molecular complexity index is 658. The van der Waals surface area contributed by atoms with Gasteiger partial charge in [-0.15, -0.1) is 11.8 Å². The van der Waals surface area contributed by atoms with E-state index in [0.29, 0.717) is 4.99 Å². The zero-order valence-corrected chi connectivity index (χ0v) is 14.3. The predicted molar refractivity (Wildman–Crippen MR) is 97.6 cm³/mol. The maximum Gasteiger partial charge on any atom is 0.107 e. The Hall–Kier alpha value is -1.23. The SMILES string of the molecule is CSc1cccc(NC(C)c2ccccc2Cl)c1C(N)=S. The van der Waals surface area contributed by atoms with Gasteiger partial charge in [0.15, 0.2) is 0 Å². The zero-order valence-electron chi connectivity index (χ0n) is 11.9. The van der Waals surface area contributed by atoms with Gasteiger partial charge in [0.05, 0.1) is 6.04 Å². The Balaban J connectivity index is 2.36. The first kappa shape index (κ1) is 16.1. The minimum Gasteiger partial charge on any atom is -0.389 e. The highest BCUT2D eigenvalue weighted by Crippen LogP contribution is 2.31. The minimum atomic E-state index is 0.0592. The number of anilines is 1. The van der Waals surface area contributed by atoms with E-state index in [1.54, 1.807) is 11.8 Å². The van der Waals surface area contributed by atoms with Crippen LogP contribution in [0.4, 0.5) is 5.69 Å². The lowest BCUT2D eigenvalue weighted by molar-refractivity contribution is 0.883. The van der Waals surface area contributed by atoms with Crippen LogP contribution in [0.2, 0.25) is 5.02 Å². The summed E-state index contributed by atoms with van der Waals surface area (Å²) in [7, 11) is 0. The van der Waals surface area contributed by atoms with Crippen LogP contribution in [0.25, 0.3) is 0 Å². The maximum absolute atomic E-state index is 6.25. The van der Waals surface area contributed by atoms with Gasteiger partial charge in [0.1, 0.15) is 4.99 Å². The molecule has 2 aromatic carbocycles. The second-order valence-corrected chi connectivity index (χ2v) is 6.33. The third-order valence-corrected chi connectivity index (χ3v) is 4.56. The van der Waals surface area contributed by atoms with Gasteiger partial charge < -0.3 is 11.1 Å². The molecule has 0 saturated carbocycles. The monoisotopic (exact) mass is 336 g/mol. The average molecular weight is 337 g/mol. The van der Waals surface area contributed by atoms with Crippen LogP contribution in [0, 0.1) is 0 Å². The molecule has 0 aliphatic rings. The lowest BCUT2D eigenvalue weighted by Gasteiger charge is -2.20. The first-order chi connectivity index (χ1) is 10.0. The number of benzene rings is 2. The van der Waals surface area contributed by atoms with Crippen molar-refractivity contribution in [2.45, 2.75) is 17.9 Å². The second-order valence-electron chi connectivity index (χ2n) is 4.63. The number of thiocarbonyl (C=S) groups is 1. The summed E-state index contributed by atoms with van der Waals surface area (Å²) < 4.78 is 0. The van der Waals surface area contributed by atoms with Crippen molar-refractivity contribution in [3.63, 3.8) is 0 Å². The van der Waals surface area contributed by atoms with E-state index in [4.69, 9.17) is 29.6 Å². The molecular formula is C16H17ClN2S2. The summed E-state index contributed by atoms with van der Waals surface area (Å²) in [5.74, 6) is 0. The first-order valence-electron chi connectivity index (χ1n) is 6.52. The van der Waals surface area contributed by atoms with E-state index in [9.17, 15) is 0 Å². The molecular weight excluding hydrogens is 320 g/mol. The molecule has 0 heterocycles. The normalized spacial score (nSPS) is 12.0. The molecule has 2 rings (SSSR count). The molecule has 0 spiro atoms. The number of halogens is 1. The van der Waals surface area contributed by atoms with E-state index >= 15 is 0 Å². The van der Waals surface area contributed by atoms with Crippen molar-refractivity contribution < 1.29 is 0 Å². The minimum absolute atomic E-state index is 0.0592. The summed E-state index contributed by atoms with van der Waals surface area (Å²) in [6.07, 6.45) is 2.01. The summed E-state index contributed by atoms with van der Waals surface area (Å²) >= 11 is 13.1. The van der Waals surface area contributed by atoms with Crippen LogP contribution in [0.5, 0.6) is 0 Å². The van der Waals surface area contributed by atoms with Gasteiger partial charge in [-0.1, -0.05) is 48.1 Å². The topological polar surface area (TPSA) is 38.0 Å². The highest BCUT2D eigenvalue weighted by molar-refractivity contribution is 7.98. The molecule has 0 bridgehead atoms. The van der Waals surface area contributed by atoms with E-state index < -0.39 is 0 Å². The molecule has 1 atom stereocenters. The molecule has 0 aromatic heterocycles. The standard InChI is InChI=1S/C16H17ClN2S2/c1-10(11-6-3-4-7-12(11)17)19-13-8-5-9-14(21-2)15(13)16(18)20/h3-10,19H,1-2H3,(H2,18,20). The van der Waals surface area contributed by atoms with E-state index in [-0.39, 0.29) is 6.04 Å². The van der Waals surface area contributed by atoms with E-state index in [2.05, 4.69) is 12.2 Å². The van der Waals surface area contributed by atoms with E-state index in [1.165, 1.54) is 0 Å². The molecule has 0 saturated heterocycles. The van der Waals surface area contributed by atoms with Gasteiger partial charge in [-0.3, -0.25) is 0 Å². The third kappa shape index (κ3) is 3.70. The number of hydrogen-bond donors (Lipinski definition) is 2. The molecule has 1 unspecified atom stereocenters. The van der Waals surface area contributed by atoms with Crippen LogP contribution >= 0.6 is 35.6 Å². The lowest BCUT2D eigenvalue weighted by Crippen LogP contribution is -2.16. The summed E-state index contributed by atoms with van der Waals surface area (Å²) in [6.45, 7) is 2.07. The van der Waals surface area contributed by atoms with E-state index in [0.717, 1.165) is 26.7 Å². The van der Waals surface area contributed by atoms with Crippen LogP contribution in [0.1, 0.15) is 24.1 Å². The Labute approximate surface area is 140 Å². The number of nitrogens with one attached hydrogen (secondary N) is 1. The summed E-state index contributed by atoms with van der Waals surface area (Å²) in [5.41, 5.74) is 8.75. The molecule has 0 amide bonds. The number of thioether (sulfide) groups is 1. The van der Waals surface area contributed by atoms with Crippen molar-refractivity contribution in [3.05, 3.63) is 58.6 Å². The van der Waals surface area contributed by atoms with Gasteiger partial charge in [0.2, 0.25) is 0 Å². The molecule has 2 aromatic rings. The summed E-state index contributed by atoms with van der Waals surface area (Å²) in [5, 5.41) is 4.20. The van der Waals surface area contributed by atoms with Gasteiger partial charge in [0, 0.05) is 21.2 Å². The van der Waals surface area contributed by atoms with Gasteiger partial charge in [-0.25, -0.2) is 0 Å². The molecule has 110 valence electrons. The van der Waals surface area contributed by atoms with Gasteiger partial charge in [-0.2, -0.15) is 0 Å². The van der Waals surface area contributed by atoms with Gasteiger partial charge in [0.25, 0.3) is 0 Å². The quantitative estimate of drug-likeness (QED) is 0.603. The van der Waals surface area contributed by atoms with Gasteiger partial charge >= 0.3 is 0 Å². The largest absolute Gasteiger partial charge is 0.389 e. The molecule has 0 aliphatic carbocycles. The number of hydrogen-bond acceptors (Lipinski definition) is 3. The fourth-order valence-electron chi connectivity index (χ4n) is 2.21. The van der Waals surface area contributed by atoms with E-state index in [1.807, 2.05) is 48.7 Å². The lowest BCUT2D eigenvalue weighted by atomic mass is 10.1. The van der Waals surface area contributed by atoms with Crippen molar-refractivity contribution in [1.29, 1.82) is 0 Å². The Morgan fingerprint density at radius 3 is 2.57 bits per heavy atom. The first-order valence-corrected chi connectivity index (χ1v) is 8.53.